The van der Waals surface area contributed by atoms with Gasteiger partial charge in [-0.15, -0.1) is 0 Å². The van der Waals surface area contributed by atoms with Gasteiger partial charge in [-0.2, -0.15) is 5.10 Å². The van der Waals surface area contributed by atoms with Gasteiger partial charge in [0.2, 0.25) is 5.91 Å². The summed E-state index contributed by atoms with van der Waals surface area (Å²) in [6.07, 6.45) is 0. The van der Waals surface area contributed by atoms with Crippen molar-refractivity contribution in [1.82, 2.24) is 24.6 Å². The highest BCUT2D eigenvalue weighted by atomic mass is 35.5. The summed E-state index contributed by atoms with van der Waals surface area (Å²) >= 11 is 11.3. The van der Waals surface area contributed by atoms with Gasteiger partial charge < -0.3 is 4.90 Å². The van der Waals surface area contributed by atoms with Crippen LogP contribution in [0.4, 0.5) is 0 Å². The molecular weight excluding hydrogens is 418 g/mol. The molecule has 0 radical (unpaired) electrons. The number of halogens is 1. The van der Waals surface area contributed by atoms with Crippen LogP contribution in [0.3, 0.4) is 0 Å². The fourth-order valence-corrected chi connectivity index (χ4v) is 4.03. The lowest BCUT2D eigenvalue weighted by atomic mass is 10.1. The van der Waals surface area contributed by atoms with Crippen LogP contribution in [0.15, 0.2) is 48.5 Å². The summed E-state index contributed by atoms with van der Waals surface area (Å²) < 4.78 is 2.24. The maximum atomic E-state index is 13.0. The fraction of sp³-hybridized carbons (Fsp3) is 0.318. The van der Waals surface area contributed by atoms with E-state index < -0.39 is 0 Å². The van der Waals surface area contributed by atoms with Crippen LogP contribution in [0.5, 0.6) is 0 Å². The molecule has 1 aliphatic rings. The van der Waals surface area contributed by atoms with E-state index in [-0.39, 0.29) is 12.5 Å². The molecule has 1 saturated heterocycles. The lowest BCUT2D eigenvalue weighted by molar-refractivity contribution is -0.133. The van der Waals surface area contributed by atoms with Crippen LogP contribution >= 0.6 is 23.8 Å². The number of aromatic nitrogens is 3. The molecule has 0 saturated carbocycles. The molecule has 0 aliphatic carbocycles. The topological polar surface area (TPSA) is 57.2 Å². The highest BCUT2D eigenvalue weighted by Crippen LogP contribution is 2.19. The standard InChI is InChI=1S/C22H24ClN5OS/c1-16-3-2-4-18(13-16)21-24-25-22(30)28(21)15-20(29)27-11-9-26(10-12-27)14-17-5-7-19(23)8-6-17/h2-8,13H,9-12,14-15H2,1H3,(H,25,30). The number of hydrogen-bond acceptors (Lipinski definition) is 4. The van der Waals surface area contributed by atoms with Crippen LogP contribution in [-0.2, 0) is 17.9 Å². The Bertz CT molecular complexity index is 1080. The molecule has 4 rings (SSSR count). The Morgan fingerprint density at radius 1 is 1.13 bits per heavy atom. The average molecular weight is 442 g/mol. The number of aromatic amines is 1. The predicted octanol–water partition coefficient (Wildman–Crippen LogP) is 3.91. The number of rotatable bonds is 5. The van der Waals surface area contributed by atoms with Gasteiger partial charge in [0.15, 0.2) is 10.6 Å². The second kappa shape index (κ2) is 9.12. The largest absolute Gasteiger partial charge is 0.339 e. The SMILES string of the molecule is Cc1cccc(-c2n[nH]c(=S)n2CC(=O)N2CCN(Cc3ccc(Cl)cc3)CC2)c1. The number of aryl methyl sites for hydroxylation is 1. The molecule has 1 aromatic heterocycles. The zero-order chi connectivity index (χ0) is 21.1. The lowest BCUT2D eigenvalue weighted by Crippen LogP contribution is -2.49. The minimum Gasteiger partial charge on any atom is -0.339 e. The average Bonchev–Trinajstić information content (AvgIpc) is 3.10. The van der Waals surface area contributed by atoms with Gasteiger partial charge in [0.05, 0.1) is 0 Å². The van der Waals surface area contributed by atoms with E-state index in [9.17, 15) is 4.79 Å². The number of H-pyrrole nitrogens is 1. The van der Waals surface area contributed by atoms with Gasteiger partial charge in [0, 0.05) is 43.3 Å². The van der Waals surface area contributed by atoms with E-state index in [0.717, 1.165) is 35.8 Å². The summed E-state index contributed by atoms with van der Waals surface area (Å²) in [6.45, 7) is 6.18. The van der Waals surface area contributed by atoms with Gasteiger partial charge in [0.1, 0.15) is 6.54 Å². The molecule has 156 valence electrons. The third kappa shape index (κ3) is 4.80. The summed E-state index contributed by atoms with van der Waals surface area (Å²) in [4.78, 5) is 17.2. The Labute approximate surface area is 186 Å². The predicted molar refractivity (Wildman–Crippen MR) is 121 cm³/mol. The smallest absolute Gasteiger partial charge is 0.242 e. The van der Waals surface area contributed by atoms with E-state index in [1.54, 1.807) is 4.57 Å². The van der Waals surface area contributed by atoms with Crippen molar-refractivity contribution in [2.75, 3.05) is 26.2 Å². The molecule has 2 aromatic carbocycles. The maximum absolute atomic E-state index is 13.0. The molecule has 6 nitrogen and oxygen atoms in total. The quantitative estimate of drug-likeness (QED) is 0.610. The van der Waals surface area contributed by atoms with Crippen LogP contribution in [-0.4, -0.2) is 56.7 Å². The molecule has 3 aromatic rings. The van der Waals surface area contributed by atoms with Gasteiger partial charge in [-0.25, -0.2) is 0 Å². The summed E-state index contributed by atoms with van der Waals surface area (Å²) in [5, 5.41) is 7.92. The molecular formula is C22H24ClN5OS. The van der Waals surface area contributed by atoms with Gasteiger partial charge >= 0.3 is 0 Å². The van der Waals surface area contributed by atoms with E-state index in [0.29, 0.717) is 23.7 Å². The number of amides is 1. The van der Waals surface area contributed by atoms with Gasteiger partial charge in [-0.05, 0) is 42.9 Å². The minimum atomic E-state index is 0.0625. The van der Waals surface area contributed by atoms with E-state index in [1.807, 2.05) is 60.4 Å². The van der Waals surface area contributed by atoms with Crippen LogP contribution in [0, 0.1) is 11.7 Å². The van der Waals surface area contributed by atoms with Crippen molar-refractivity contribution >= 4 is 29.7 Å². The number of nitrogens with one attached hydrogen (secondary N) is 1. The molecule has 1 aliphatic heterocycles. The van der Waals surface area contributed by atoms with E-state index >= 15 is 0 Å². The zero-order valence-electron chi connectivity index (χ0n) is 16.8. The fourth-order valence-electron chi connectivity index (χ4n) is 3.71. The Kier molecular flexibility index (Phi) is 6.32. The normalized spacial score (nSPS) is 14.8. The van der Waals surface area contributed by atoms with Gasteiger partial charge in [-0.3, -0.25) is 19.4 Å². The van der Waals surface area contributed by atoms with Gasteiger partial charge in [-0.1, -0.05) is 47.5 Å². The first-order chi connectivity index (χ1) is 14.5. The Morgan fingerprint density at radius 3 is 2.57 bits per heavy atom. The number of benzene rings is 2. The first kappa shape index (κ1) is 20.8. The van der Waals surface area contributed by atoms with Crippen molar-refractivity contribution in [3.8, 4) is 11.4 Å². The number of piperazine rings is 1. The summed E-state index contributed by atoms with van der Waals surface area (Å²) in [6, 6.07) is 16.0. The maximum Gasteiger partial charge on any atom is 0.242 e. The first-order valence-electron chi connectivity index (χ1n) is 9.96. The second-order valence-electron chi connectivity index (χ2n) is 7.59. The van der Waals surface area contributed by atoms with Crippen molar-refractivity contribution in [2.45, 2.75) is 20.0 Å². The van der Waals surface area contributed by atoms with Crippen LogP contribution in [0.2, 0.25) is 5.02 Å². The monoisotopic (exact) mass is 441 g/mol. The van der Waals surface area contributed by atoms with Gasteiger partial charge in [0.25, 0.3) is 0 Å². The summed E-state index contributed by atoms with van der Waals surface area (Å²) in [5.74, 6) is 0.756. The minimum absolute atomic E-state index is 0.0625. The van der Waals surface area contributed by atoms with Crippen LogP contribution in [0.1, 0.15) is 11.1 Å². The second-order valence-corrected chi connectivity index (χ2v) is 8.41. The molecule has 0 bridgehead atoms. The molecule has 1 fully saturated rings. The Balaban J connectivity index is 1.38. The van der Waals surface area contributed by atoms with E-state index in [4.69, 9.17) is 23.8 Å². The first-order valence-corrected chi connectivity index (χ1v) is 10.7. The van der Waals surface area contributed by atoms with Crippen molar-refractivity contribution in [2.24, 2.45) is 0 Å². The molecule has 2 heterocycles. The van der Waals surface area contributed by atoms with Crippen molar-refractivity contribution in [3.63, 3.8) is 0 Å². The molecule has 1 amide bonds. The molecule has 1 N–H and O–H groups in total. The molecule has 0 atom stereocenters. The highest BCUT2D eigenvalue weighted by molar-refractivity contribution is 7.71. The third-order valence-corrected chi connectivity index (χ3v) is 5.94. The lowest BCUT2D eigenvalue weighted by Gasteiger charge is -2.35. The number of hydrogen-bond donors (Lipinski definition) is 1. The van der Waals surface area contributed by atoms with E-state index in [2.05, 4.69) is 15.1 Å². The number of carbonyl (C=O) groups excluding carboxylic acids is 1. The highest BCUT2D eigenvalue weighted by Gasteiger charge is 2.22. The van der Waals surface area contributed by atoms with Crippen molar-refractivity contribution in [3.05, 3.63) is 69.5 Å². The van der Waals surface area contributed by atoms with Crippen LogP contribution in [0.25, 0.3) is 11.4 Å². The van der Waals surface area contributed by atoms with Crippen molar-refractivity contribution in [1.29, 1.82) is 0 Å². The summed E-state index contributed by atoms with van der Waals surface area (Å²) in [5.41, 5.74) is 3.31. The van der Waals surface area contributed by atoms with E-state index in [1.165, 1.54) is 5.56 Å². The Morgan fingerprint density at radius 2 is 1.87 bits per heavy atom. The zero-order valence-corrected chi connectivity index (χ0v) is 18.4. The summed E-state index contributed by atoms with van der Waals surface area (Å²) in [7, 11) is 0. The number of carbonyl (C=O) groups is 1. The Hall–Kier alpha value is -2.48. The molecule has 0 unspecified atom stereocenters. The molecule has 30 heavy (non-hydrogen) atoms. The third-order valence-electron chi connectivity index (χ3n) is 5.37. The van der Waals surface area contributed by atoms with Crippen LogP contribution < -0.4 is 0 Å². The molecule has 0 spiro atoms. The number of nitrogens with zero attached hydrogens (tertiary/aromatic N) is 4. The molecule has 8 heteroatoms. The van der Waals surface area contributed by atoms with Crippen molar-refractivity contribution < 1.29 is 4.79 Å².